The van der Waals surface area contributed by atoms with Crippen molar-refractivity contribution in [3.05, 3.63) is 154 Å². The molecule has 2 heterocycles. The van der Waals surface area contributed by atoms with Gasteiger partial charge in [0.1, 0.15) is 35.4 Å². The third kappa shape index (κ3) is 9.49. The zero-order valence-corrected chi connectivity index (χ0v) is 33.6. The maximum atomic E-state index is 14.2. The summed E-state index contributed by atoms with van der Waals surface area (Å²) in [5.74, 6) is -5.90. The van der Waals surface area contributed by atoms with Gasteiger partial charge in [0.25, 0.3) is 5.91 Å². The quantitative estimate of drug-likeness (QED) is 0.115. The number of benzene rings is 5. The molecular formula is C42H33F4N5O5S3. The molecule has 2 aromatic heterocycles. The number of anilines is 2. The first-order valence-corrected chi connectivity index (χ1v) is 21.1. The van der Waals surface area contributed by atoms with Crippen molar-refractivity contribution in [2.75, 3.05) is 23.9 Å². The normalized spacial score (nSPS) is 12.6. The summed E-state index contributed by atoms with van der Waals surface area (Å²) in [6, 6.07) is 19.4. The number of likely N-dealkylation sites (N-methyl/N-ethyl adjacent to an activating group) is 2. The van der Waals surface area contributed by atoms with E-state index in [4.69, 9.17) is 0 Å². The second kappa shape index (κ2) is 17.1. The molecule has 0 aliphatic carbocycles. The molecule has 0 aliphatic rings. The van der Waals surface area contributed by atoms with Crippen molar-refractivity contribution in [3.8, 4) is 0 Å². The van der Waals surface area contributed by atoms with Crippen molar-refractivity contribution in [2.45, 2.75) is 29.8 Å². The fraction of sp³-hybridized carbons (Fsp3) is 0.143. The smallest absolute Gasteiger partial charge is 0.251 e. The van der Waals surface area contributed by atoms with E-state index >= 15 is 0 Å². The molecule has 302 valence electrons. The fourth-order valence-electron chi connectivity index (χ4n) is 6.55. The van der Waals surface area contributed by atoms with Gasteiger partial charge in [-0.25, -0.2) is 31.0 Å². The lowest BCUT2D eigenvalue weighted by atomic mass is 10.0. The standard InChI is InChI=1S/C42H33F4N5O5S3/c1-50(32-6-8-38-26(18-32)10-11-57-38)41(53)36(16-24-12-28(43)20-29(44)13-24)48-40(52)27-4-3-5-34(19-27)59(55,56)49-37(17-25-14-30(45)21-31(46)15-25)42(54)51(2)33-7-9-39-35(22-33)47-23-58-39/h3-15,18-23,36-37,49H,16-17H2,1-2H3,(H,48,52)/t36-,37-/m0/s1. The number of halogens is 4. The van der Waals surface area contributed by atoms with Crippen LogP contribution < -0.4 is 19.8 Å². The molecule has 59 heavy (non-hydrogen) atoms. The second-order valence-corrected chi connectivity index (χ2v) is 17.2. The molecule has 17 heteroatoms. The maximum absolute atomic E-state index is 14.2. The van der Waals surface area contributed by atoms with E-state index < -0.39 is 74.4 Å². The lowest BCUT2D eigenvalue weighted by Crippen LogP contribution is -2.49. The monoisotopic (exact) mass is 859 g/mol. The highest BCUT2D eigenvalue weighted by Crippen LogP contribution is 2.27. The molecule has 0 radical (unpaired) electrons. The number of fused-ring (bicyclic) bond motifs is 2. The zero-order chi connectivity index (χ0) is 42.0. The Balaban J connectivity index is 1.16. The van der Waals surface area contributed by atoms with Crippen molar-refractivity contribution in [3.63, 3.8) is 0 Å². The van der Waals surface area contributed by atoms with Gasteiger partial charge in [-0.1, -0.05) is 6.07 Å². The first kappa shape index (κ1) is 41.2. The number of carbonyl (C=O) groups excluding carboxylic acids is 3. The number of hydrogen-bond donors (Lipinski definition) is 2. The van der Waals surface area contributed by atoms with E-state index in [0.717, 1.165) is 45.1 Å². The first-order valence-electron chi connectivity index (χ1n) is 17.8. The summed E-state index contributed by atoms with van der Waals surface area (Å²) in [6.07, 6.45) is -0.773. The summed E-state index contributed by atoms with van der Waals surface area (Å²) in [6.45, 7) is 0. The Kier molecular flexibility index (Phi) is 11.9. The molecule has 0 saturated carbocycles. The molecule has 5 aromatic carbocycles. The van der Waals surface area contributed by atoms with Crippen molar-refractivity contribution in [1.82, 2.24) is 15.0 Å². The Morgan fingerprint density at radius 1 is 0.678 bits per heavy atom. The van der Waals surface area contributed by atoms with Crippen LogP contribution in [0.3, 0.4) is 0 Å². The number of nitrogens with zero attached hydrogens (tertiary/aromatic N) is 3. The van der Waals surface area contributed by atoms with Gasteiger partial charge in [-0.3, -0.25) is 14.4 Å². The van der Waals surface area contributed by atoms with E-state index in [2.05, 4.69) is 15.0 Å². The summed E-state index contributed by atoms with van der Waals surface area (Å²) in [4.78, 5) is 48.2. The Bertz CT molecular complexity index is 2810. The van der Waals surface area contributed by atoms with Crippen molar-refractivity contribution < 1.29 is 40.4 Å². The zero-order valence-electron chi connectivity index (χ0n) is 31.2. The molecule has 7 rings (SSSR count). The number of nitrogens with one attached hydrogen (secondary N) is 2. The van der Waals surface area contributed by atoms with Crippen LogP contribution in [0.1, 0.15) is 21.5 Å². The van der Waals surface area contributed by atoms with Crippen LogP contribution in [0.5, 0.6) is 0 Å². The number of amides is 3. The third-order valence-corrected chi connectivity index (χ3v) is 12.7. The van der Waals surface area contributed by atoms with E-state index in [1.54, 1.807) is 35.8 Å². The van der Waals surface area contributed by atoms with Gasteiger partial charge < -0.3 is 15.1 Å². The van der Waals surface area contributed by atoms with Gasteiger partial charge in [-0.2, -0.15) is 4.72 Å². The van der Waals surface area contributed by atoms with Crippen LogP contribution >= 0.6 is 22.7 Å². The number of aromatic nitrogens is 1. The lowest BCUT2D eigenvalue weighted by Gasteiger charge is -2.26. The number of rotatable bonds is 13. The van der Waals surface area contributed by atoms with Gasteiger partial charge in [0.2, 0.25) is 21.8 Å². The van der Waals surface area contributed by atoms with Crippen LogP contribution in [-0.2, 0) is 32.5 Å². The molecule has 0 aliphatic heterocycles. The van der Waals surface area contributed by atoms with E-state index in [0.29, 0.717) is 29.0 Å². The van der Waals surface area contributed by atoms with Gasteiger partial charge in [-0.05, 0) is 113 Å². The summed E-state index contributed by atoms with van der Waals surface area (Å²) in [5, 5.41) is 5.38. The van der Waals surface area contributed by atoms with Crippen LogP contribution in [-0.4, -0.2) is 57.3 Å². The Labute approximate surface area is 343 Å². The highest BCUT2D eigenvalue weighted by atomic mass is 32.2. The Morgan fingerprint density at radius 2 is 1.25 bits per heavy atom. The third-order valence-electron chi connectivity index (χ3n) is 9.52. The van der Waals surface area contributed by atoms with Gasteiger partial charge in [0, 0.05) is 54.3 Å². The predicted octanol–water partition coefficient (Wildman–Crippen LogP) is 7.62. The lowest BCUT2D eigenvalue weighted by molar-refractivity contribution is -0.120. The SMILES string of the molecule is CN(C(=O)[C@H](Cc1cc(F)cc(F)c1)NC(=O)c1cccc(S(=O)(=O)N[C@@H](Cc2cc(F)cc(F)c2)C(=O)N(C)c2ccc3scnc3c2)c1)c1ccc2sccc2c1. The summed E-state index contributed by atoms with van der Waals surface area (Å²) in [5.41, 5.74) is 2.97. The van der Waals surface area contributed by atoms with Gasteiger partial charge >= 0.3 is 0 Å². The molecule has 0 fully saturated rings. The van der Waals surface area contributed by atoms with Crippen molar-refractivity contribution in [2.24, 2.45) is 0 Å². The minimum absolute atomic E-state index is 0.00544. The van der Waals surface area contributed by atoms with Crippen LogP contribution in [0.2, 0.25) is 0 Å². The molecule has 10 nitrogen and oxygen atoms in total. The molecule has 2 N–H and O–H groups in total. The minimum atomic E-state index is -4.64. The van der Waals surface area contributed by atoms with E-state index in [-0.39, 0.29) is 23.1 Å². The van der Waals surface area contributed by atoms with E-state index in [9.17, 15) is 40.4 Å². The predicted molar refractivity (Wildman–Crippen MR) is 220 cm³/mol. The second-order valence-electron chi connectivity index (χ2n) is 13.6. The average molecular weight is 860 g/mol. The molecule has 0 saturated heterocycles. The van der Waals surface area contributed by atoms with Crippen LogP contribution in [0.25, 0.3) is 20.3 Å². The van der Waals surface area contributed by atoms with E-state index in [1.807, 2.05) is 17.5 Å². The highest BCUT2D eigenvalue weighted by molar-refractivity contribution is 7.89. The summed E-state index contributed by atoms with van der Waals surface area (Å²) >= 11 is 2.91. The molecule has 3 amide bonds. The average Bonchev–Trinajstić information content (AvgIpc) is 3.88. The fourth-order valence-corrected chi connectivity index (χ4v) is 9.21. The summed E-state index contributed by atoms with van der Waals surface area (Å²) < 4.78 is 89.1. The minimum Gasteiger partial charge on any atom is -0.340 e. The number of sulfonamides is 1. The Hall–Kier alpha value is -6.01. The van der Waals surface area contributed by atoms with Gasteiger partial charge in [-0.15, -0.1) is 22.7 Å². The number of carbonyl (C=O) groups is 3. The molecular weight excluding hydrogens is 827 g/mol. The largest absolute Gasteiger partial charge is 0.340 e. The topological polar surface area (TPSA) is 129 Å². The number of thiophene rings is 1. The van der Waals surface area contributed by atoms with Crippen LogP contribution in [0.4, 0.5) is 28.9 Å². The Morgan fingerprint density at radius 3 is 1.90 bits per heavy atom. The van der Waals surface area contributed by atoms with Gasteiger partial charge in [0.05, 0.1) is 20.6 Å². The molecule has 7 aromatic rings. The number of thiazole rings is 1. The van der Waals surface area contributed by atoms with Crippen molar-refractivity contribution >= 4 is 82.1 Å². The van der Waals surface area contributed by atoms with Crippen molar-refractivity contribution in [1.29, 1.82) is 0 Å². The van der Waals surface area contributed by atoms with Crippen LogP contribution in [0, 0.1) is 23.3 Å². The summed E-state index contributed by atoms with van der Waals surface area (Å²) in [7, 11) is -1.73. The highest BCUT2D eigenvalue weighted by Gasteiger charge is 2.31. The molecule has 0 unspecified atom stereocenters. The molecule has 2 atom stereocenters. The number of hydrogen-bond acceptors (Lipinski definition) is 8. The van der Waals surface area contributed by atoms with Gasteiger partial charge in [0.15, 0.2) is 0 Å². The molecule has 0 bridgehead atoms. The first-order chi connectivity index (χ1) is 28.1. The van der Waals surface area contributed by atoms with E-state index in [1.165, 1.54) is 64.8 Å². The maximum Gasteiger partial charge on any atom is 0.251 e. The molecule has 0 spiro atoms. The van der Waals surface area contributed by atoms with Crippen LogP contribution in [0.15, 0.2) is 119 Å².